The highest BCUT2D eigenvalue weighted by Crippen LogP contribution is 2.20. The molecule has 3 nitrogen and oxygen atoms in total. The van der Waals surface area contributed by atoms with Crippen molar-refractivity contribution in [3.8, 4) is 0 Å². The summed E-state index contributed by atoms with van der Waals surface area (Å²) in [4.78, 5) is 11.9. The smallest absolute Gasteiger partial charge is 0.267 e. The molecule has 0 unspecified atom stereocenters. The zero-order valence-electron chi connectivity index (χ0n) is 9.99. The summed E-state index contributed by atoms with van der Waals surface area (Å²) in [7, 11) is 7.09. The van der Waals surface area contributed by atoms with Crippen LogP contribution in [0.4, 0.5) is 4.39 Å². The third-order valence-corrected chi connectivity index (χ3v) is 2.74. The van der Waals surface area contributed by atoms with Gasteiger partial charge in [0.05, 0.1) is 11.1 Å². The molecule has 0 fully saturated rings. The van der Waals surface area contributed by atoms with Crippen LogP contribution in [0.15, 0.2) is 16.9 Å². The maximum atomic E-state index is 13.4. The molecule has 86 valence electrons. The topological polar surface area (TPSA) is 34.9 Å². The van der Waals surface area contributed by atoms with Crippen molar-refractivity contribution in [2.75, 3.05) is 0 Å². The van der Waals surface area contributed by atoms with E-state index >= 15 is 0 Å². The van der Waals surface area contributed by atoms with Crippen LogP contribution in [0.25, 0.3) is 10.8 Å². The van der Waals surface area contributed by atoms with Crippen LogP contribution in [0.2, 0.25) is 0 Å². The third-order valence-electron chi connectivity index (χ3n) is 2.74. The molecule has 0 saturated carbocycles. The molecule has 1 aromatic carbocycles. The van der Waals surface area contributed by atoms with Crippen LogP contribution >= 0.6 is 0 Å². The van der Waals surface area contributed by atoms with Gasteiger partial charge in [-0.05, 0) is 12.0 Å². The van der Waals surface area contributed by atoms with Gasteiger partial charge in [0.25, 0.3) is 5.56 Å². The Morgan fingerprint density at radius 2 is 2.00 bits per heavy atom. The molecule has 1 aromatic heterocycles. The summed E-state index contributed by atoms with van der Waals surface area (Å²) in [6, 6.07) is 2.66. The molecule has 0 aliphatic carbocycles. The van der Waals surface area contributed by atoms with Crippen molar-refractivity contribution in [1.82, 2.24) is 9.78 Å². The largest absolute Gasteiger partial charge is 0.274 e. The van der Waals surface area contributed by atoms with Gasteiger partial charge in [-0.2, -0.15) is 5.10 Å². The summed E-state index contributed by atoms with van der Waals surface area (Å²) >= 11 is 0. The number of fused-ring (bicyclic) bond motifs is 1. The minimum absolute atomic E-state index is 0.0365. The molecule has 2 rings (SSSR count). The minimum Gasteiger partial charge on any atom is -0.267 e. The Bertz CT molecular complexity index is 649. The Morgan fingerprint density at radius 3 is 2.59 bits per heavy atom. The molecule has 1 heterocycles. The van der Waals surface area contributed by atoms with Crippen LogP contribution in [-0.2, 0) is 7.05 Å². The fourth-order valence-corrected chi connectivity index (χ4v) is 1.84. The second-order valence-electron chi connectivity index (χ2n) is 4.39. The van der Waals surface area contributed by atoms with Crippen LogP contribution < -0.4 is 11.0 Å². The molecular weight excluding hydrogens is 218 g/mol. The van der Waals surface area contributed by atoms with Crippen molar-refractivity contribution in [1.29, 1.82) is 0 Å². The van der Waals surface area contributed by atoms with Gasteiger partial charge in [0.1, 0.15) is 13.7 Å². The second-order valence-corrected chi connectivity index (χ2v) is 4.39. The first-order valence-corrected chi connectivity index (χ1v) is 5.37. The van der Waals surface area contributed by atoms with Crippen molar-refractivity contribution in [2.24, 2.45) is 7.05 Å². The van der Waals surface area contributed by atoms with E-state index in [9.17, 15) is 9.18 Å². The van der Waals surface area contributed by atoms with E-state index in [2.05, 4.69) is 5.10 Å². The van der Waals surface area contributed by atoms with Gasteiger partial charge in [-0.3, -0.25) is 4.79 Å². The summed E-state index contributed by atoms with van der Waals surface area (Å²) in [5, 5.41) is 5.14. The molecule has 2 aromatic rings. The lowest BCUT2D eigenvalue weighted by atomic mass is 9.91. The van der Waals surface area contributed by atoms with Gasteiger partial charge < -0.3 is 0 Å². The number of nitrogens with zero attached hydrogens (tertiary/aromatic N) is 2. The van der Waals surface area contributed by atoms with E-state index in [4.69, 9.17) is 7.85 Å². The van der Waals surface area contributed by atoms with E-state index < -0.39 is 5.82 Å². The highest BCUT2D eigenvalue weighted by Gasteiger charge is 2.13. The molecule has 0 aliphatic heterocycles. The standard InChI is InChI=1S/C12H12BFN2O/c1-6(2)11-7-4-9(13)10(14)5-8(7)12(17)16(3)15-11/h4-6H,1-3H3. The second kappa shape index (κ2) is 3.98. The fourth-order valence-electron chi connectivity index (χ4n) is 1.84. The van der Waals surface area contributed by atoms with E-state index in [0.29, 0.717) is 10.8 Å². The van der Waals surface area contributed by atoms with Crippen LogP contribution in [-0.4, -0.2) is 17.6 Å². The van der Waals surface area contributed by atoms with E-state index in [1.165, 1.54) is 16.8 Å². The van der Waals surface area contributed by atoms with E-state index in [-0.39, 0.29) is 16.9 Å². The van der Waals surface area contributed by atoms with E-state index in [1.807, 2.05) is 13.8 Å². The SMILES string of the molecule is [B]c1cc2c(C(C)C)nn(C)c(=O)c2cc1F. The number of benzene rings is 1. The average Bonchev–Trinajstić information content (AvgIpc) is 2.26. The zero-order chi connectivity index (χ0) is 12.7. The predicted octanol–water partition coefficient (Wildman–Crippen LogP) is 0.990. The molecule has 17 heavy (non-hydrogen) atoms. The van der Waals surface area contributed by atoms with Crippen molar-refractivity contribution in [2.45, 2.75) is 19.8 Å². The Kier molecular flexibility index (Phi) is 2.77. The number of halogens is 1. The number of rotatable bonds is 1. The number of aryl methyl sites for hydroxylation is 1. The van der Waals surface area contributed by atoms with Gasteiger partial charge in [0.2, 0.25) is 0 Å². The molecule has 2 radical (unpaired) electrons. The Morgan fingerprint density at radius 1 is 1.35 bits per heavy atom. The molecule has 0 atom stereocenters. The number of hydrogen-bond acceptors (Lipinski definition) is 2. The molecule has 0 bridgehead atoms. The summed E-state index contributed by atoms with van der Waals surface area (Å²) in [6.45, 7) is 3.93. The van der Waals surface area contributed by atoms with Crippen molar-refractivity contribution >= 4 is 24.1 Å². The summed E-state index contributed by atoms with van der Waals surface area (Å²) in [6.07, 6.45) is 0. The van der Waals surface area contributed by atoms with Crippen molar-refractivity contribution < 1.29 is 4.39 Å². The lowest BCUT2D eigenvalue weighted by molar-refractivity contribution is 0.635. The lowest BCUT2D eigenvalue weighted by Crippen LogP contribution is -2.23. The summed E-state index contributed by atoms with van der Waals surface area (Å²) in [5.74, 6) is -0.440. The maximum absolute atomic E-state index is 13.4. The van der Waals surface area contributed by atoms with Crippen LogP contribution in [0.5, 0.6) is 0 Å². The lowest BCUT2D eigenvalue weighted by Gasteiger charge is -2.11. The number of hydrogen-bond donors (Lipinski definition) is 0. The molecular formula is C12H12BFN2O. The molecule has 0 spiro atoms. The van der Waals surface area contributed by atoms with Crippen molar-refractivity contribution in [3.05, 3.63) is 34.0 Å². The van der Waals surface area contributed by atoms with Gasteiger partial charge in [-0.1, -0.05) is 25.4 Å². The highest BCUT2D eigenvalue weighted by molar-refractivity contribution is 6.33. The highest BCUT2D eigenvalue weighted by atomic mass is 19.1. The molecule has 0 saturated heterocycles. The summed E-state index contributed by atoms with van der Waals surface area (Å²) in [5.41, 5.74) is 0.464. The van der Waals surface area contributed by atoms with Crippen LogP contribution in [0.3, 0.4) is 0 Å². The molecule has 5 heteroatoms. The fraction of sp³-hybridized carbons (Fsp3) is 0.333. The maximum Gasteiger partial charge on any atom is 0.274 e. The van der Waals surface area contributed by atoms with Gasteiger partial charge in [0.15, 0.2) is 0 Å². The van der Waals surface area contributed by atoms with Gasteiger partial charge in [0, 0.05) is 12.4 Å². The quantitative estimate of drug-likeness (QED) is 0.684. The summed E-state index contributed by atoms with van der Waals surface area (Å²) < 4.78 is 14.6. The van der Waals surface area contributed by atoms with Gasteiger partial charge in [-0.15, -0.1) is 0 Å². The van der Waals surface area contributed by atoms with Crippen molar-refractivity contribution in [3.63, 3.8) is 0 Å². The van der Waals surface area contributed by atoms with Crippen LogP contribution in [0.1, 0.15) is 25.5 Å². The van der Waals surface area contributed by atoms with E-state index in [0.717, 1.165) is 5.69 Å². The average molecular weight is 230 g/mol. The zero-order valence-corrected chi connectivity index (χ0v) is 9.99. The monoisotopic (exact) mass is 230 g/mol. The minimum atomic E-state index is -0.574. The first-order chi connectivity index (χ1) is 7.91. The Labute approximate surface area is 99.7 Å². The van der Waals surface area contributed by atoms with Gasteiger partial charge >= 0.3 is 0 Å². The first kappa shape index (κ1) is 11.8. The molecule has 0 aliphatic rings. The normalized spacial score (nSPS) is 11.4. The van der Waals surface area contributed by atoms with Crippen LogP contribution in [0, 0.1) is 5.82 Å². The first-order valence-electron chi connectivity index (χ1n) is 5.37. The third kappa shape index (κ3) is 1.86. The predicted molar refractivity (Wildman–Crippen MR) is 66.4 cm³/mol. The molecule has 0 amide bonds. The van der Waals surface area contributed by atoms with E-state index in [1.54, 1.807) is 7.05 Å². The van der Waals surface area contributed by atoms with Gasteiger partial charge in [-0.25, -0.2) is 9.07 Å². The Balaban J connectivity index is 2.99. The Hall–Kier alpha value is -1.65. The number of aromatic nitrogens is 2. The molecule has 0 N–H and O–H groups in total.